The van der Waals surface area contributed by atoms with Gasteiger partial charge in [-0.25, -0.2) is 4.99 Å². The summed E-state index contributed by atoms with van der Waals surface area (Å²) in [4.78, 5) is 4.71. The number of rotatable bonds is 10. The first-order chi connectivity index (χ1) is 13.3. The summed E-state index contributed by atoms with van der Waals surface area (Å²) in [6.45, 7) is 7.41. The van der Waals surface area contributed by atoms with Crippen molar-refractivity contribution >= 4 is 29.9 Å². The average molecular weight is 497 g/mol. The van der Waals surface area contributed by atoms with Crippen LogP contribution in [-0.2, 0) is 17.9 Å². The van der Waals surface area contributed by atoms with Crippen LogP contribution < -0.4 is 10.6 Å². The van der Waals surface area contributed by atoms with Gasteiger partial charge in [-0.05, 0) is 30.5 Å². The number of aliphatic imine (C=N–C) groups is 1. The van der Waals surface area contributed by atoms with Crippen molar-refractivity contribution in [3.8, 4) is 0 Å². The zero-order valence-corrected chi connectivity index (χ0v) is 19.1. The minimum absolute atomic E-state index is 0. The minimum atomic E-state index is 0. The predicted molar refractivity (Wildman–Crippen MR) is 126 cm³/mol. The number of hydrogen-bond acceptors (Lipinski definition) is 3. The highest BCUT2D eigenvalue weighted by molar-refractivity contribution is 14.0. The van der Waals surface area contributed by atoms with Crippen molar-refractivity contribution in [1.82, 2.24) is 10.6 Å². The molecule has 2 rings (SSSR count). The second kappa shape index (κ2) is 14.4. The number of nitrogens with one attached hydrogen (secondary N) is 2. The summed E-state index contributed by atoms with van der Waals surface area (Å²) in [5.74, 6) is 0.776. The maximum atomic E-state index is 9.73. The Labute approximate surface area is 185 Å². The van der Waals surface area contributed by atoms with Gasteiger partial charge in [0, 0.05) is 25.6 Å². The standard InChI is InChI=1S/C22H31N3O2.HI/c1-3-23-22(25-15-21(16-26)18-10-6-5-7-11-18)24-14-19-12-8-9-13-20(19)17-27-4-2;/h5-13,21,26H,3-4,14-17H2,1-2H3,(H2,23,24,25);1H. The van der Waals surface area contributed by atoms with E-state index < -0.39 is 0 Å². The maximum Gasteiger partial charge on any atom is 0.191 e. The van der Waals surface area contributed by atoms with Crippen molar-refractivity contribution in [3.05, 3.63) is 71.3 Å². The molecule has 0 aliphatic heterocycles. The topological polar surface area (TPSA) is 65.9 Å². The second-order valence-electron chi connectivity index (χ2n) is 6.27. The minimum Gasteiger partial charge on any atom is -0.396 e. The number of aliphatic hydroxyl groups is 1. The number of guanidine groups is 1. The molecular formula is C22H32IN3O2. The Bertz CT molecular complexity index is 695. The van der Waals surface area contributed by atoms with E-state index in [1.807, 2.05) is 56.3 Å². The Morgan fingerprint density at radius 3 is 2.32 bits per heavy atom. The zero-order valence-electron chi connectivity index (χ0n) is 16.7. The molecular weight excluding hydrogens is 465 g/mol. The van der Waals surface area contributed by atoms with E-state index in [9.17, 15) is 5.11 Å². The molecule has 0 saturated carbocycles. The van der Waals surface area contributed by atoms with Gasteiger partial charge in [-0.2, -0.15) is 0 Å². The summed E-state index contributed by atoms with van der Waals surface area (Å²) >= 11 is 0. The van der Waals surface area contributed by atoms with Crippen LogP contribution in [0.1, 0.15) is 36.5 Å². The Balaban J connectivity index is 0.00000392. The fraction of sp³-hybridized carbons (Fsp3) is 0.409. The van der Waals surface area contributed by atoms with Crippen LogP contribution in [0.2, 0.25) is 0 Å². The van der Waals surface area contributed by atoms with E-state index in [1.165, 1.54) is 0 Å². The van der Waals surface area contributed by atoms with Crippen LogP contribution in [-0.4, -0.2) is 37.4 Å². The highest BCUT2D eigenvalue weighted by Crippen LogP contribution is 2.14. The van der Waals surface area contributed by atoms with Gasteiger partial charge in [0.05, 0.1) is 19.8 Å². The van der Waals surface area contributed by atoms with Crippen LogP contribution in [0, 0.1) is 0 Å². The summed E-state index contributed by atoms with van der Waals surface area (Å²) in [5.41, 5.74) is 3.44. The normalized spacial score (nSPS) is 12.2. The van der Waals surface area contributed by atoms with Crippen molar-refractivity contribution in [1.29, 1.82) is 0 Å². The first kappa shape index (κ1) is 24.4. The highest BCUT2D eigenvalue weighted by Gasteiger charge is 2.11. The molecule has 5 nitrogen and oxygen atoms in total. The van der Waals surface area contributed by atoms with E-state index >= 15 is 0 Å². The van der Waals surface area contributed by atoms with Gasteiger partial charge in [-0.3, -0.25) is 0 Å². The lowest BCUT2D eigenvalue weighted by Crippen LogP contribution is -2.40. The number of hydrogen-bond donors (Lipinski definition) is 3. The first-order valence-corrected chi connectivity index (χ1v) is 9.61. The number of ether oxygens (including phenoxy) is 1. The van der Waals surface area contributed by atoms with Crippen molar-refractivity contribution in [2.75, 3.05) is 26.3 Å². The lowest BCUT2D eigenvalue weighted by molar-refractivity contribution is 0.133. The molecule has 1 atom stereocenters. The molecule has 6 heteroatoms. The van der Waals surface area contributed by atoms with Crippen molar-refractivity contribution in [3.63, 3.8) is 0 Å². The molecule has 3 N–H and O–H groups in total. The summed E-state index contributed by atoms with van der Waals surface area (Å²) in [5, 5.41) is 16.4. The molecule has 1 unspecified atom stereocenters. The van der Waals surface area contributed by atoms with E-state index in [1.54, 1.807) is 0 Å². The molecule has 154 valence electrons. The number of nitrogens with zero attached hydrogens (tertiary/aromatic N) is 1. The third kappa shape index (κ3) is 8.16. The summed E-state index contributed by atoms with van der Waals surface area (Å²) in [6.07, 6.45) is 0. The van der Waals surface area contributed by atoms with Crippen LogP contribution in [0.15, 0.2) is 59.6 Å². The SMILES string of the molecule is CCNC(=NCc1ccccc1COCC)NCC(CO)c1ccccc1.I. The van der Waals surface area contributed by atoms with Crippen LogP contribution in [0.25, 0.3) is 0 Å². The largest absolute Gasteiger partial charge is 0.396 e. The Kier molecular flexibility index (Phi) is 12.5. The van der Waals surface area contributed by atoms with Crippen molar-refractivity contribution < 1.29 is 9.84 Å². The van der Waals surface area contributed by atoms with Crippen LogP contribution in [0.4, 0.5) is 0 Å². The van der Waals surface area contributed by atoms with E-state index in [-0.39, 0.29) is 36.5 Å². The lowest BCUT2D eigenvalue weighted by Gasteiger charge is -2.18. The molecule has 0 spiro atoms. The second-order valence-corrected chi connectivity index (χ2v) is 6.27. The molecule has 0 aliphatic rings. The molecule has 0 aromatic heterocycles. The molecule has 0 heterocycles. The van der Waals surface area contributed by atoms with Gasteiger partial charge in [0.1, 0.15) is 0 Å². The smallest absolute Gasteiger partial charge is 0.191 e. The summed E-state index contributed by atoms with van der Waals surface area (Å²) < 4.78 is 5.55. The molecule has 2 aromatic rings. The van der Waals surface area contributed by atoms with Gasteiger partial charge in [0.25, 0.3) is 0 Å². The van der Waals surface area contributed by atoms with E-state index in [2.05, 4.69) is 22.8 Å². The van der Waals surface area contributed by atoms with Crippen LogP contribution in [0.3, 0.4) is 0 Å². The molecule has 0 aliphatic carbocycles. The predicted octanol–water partition coefficient (Wildman–Crippen LogP) is 3.67. The molecule has 0 fully saturated rings. The Morgan fingerprint density at radius 1 is 1.00 bits per heavy atom. The van der Waals surface area contributed by atoms with Gasteiger partial charge in [0.2, 0.25) is 0 Å². The van der Waals surface area contributed by atoms with E-state index in [0.29, 0.717) is 26.3 Å². The highest BCUT2D eigenvalue weighted by atomic mass is 127. The zero-order chi connectivity index (χ0) is 19.3. The van der Waals surface area contributed by atoms with Crippen molar-refractivity contribution in [2.24, 2.45) is 4.99 Å². The quantitative estimate of drug-likeness (QED) is 0.266. The van der Waals surface area contributed by atoms with Gasteiger partial charge in [-0.1, -0.05) is 54.6 Å². The number of benzene rings is 2. The Morgan fingerprint density at radius 2 is 1.68 bits per heavy atom. The van der Waals surface area contributed by atoms with E-state index in [0.717, 1.165) is 29.2 Å². The summed E-state index contributed by atoms with van der Waals surface area (Å²) in [7, 11) is 0. The van der Waals surface area contributed by atoms with Gasteiger partial charge < -0.3 is 20.5 Å². The monoisotopic (exact) mass is 497 g/mol. The summed E-state index contributed by atoms with van der Waals surface area (Å²) in [6, 6.07) is 18.3. The van der Waals surface area contributed by atoms with Gasteiger partial charge >= 0.3 is 0 Å². The first-order valence-electron chi connectivity index (χ1n) is 9.61. The van der Waals surface area contributed by atoms with Gasteiger partial charge in [-0.15, -0.1) is 24.0 Å². The average Bonchev–Trinajstić information content (AvgIpc) is 2.72. The van der Waals surface area contributed by atoms with E-state index in [4.69, 9.17) is 9.73 Å². The lowest BCUT2D eigenvalue weighted by atomic mass is 10.0. The fourth-order valence-corrected chi connectivity index (χ4v) is 2.80. The molecule has 28 heavy (non-hydrogen) atoms. The third-order valence-electron chi connectivity index (χ3n) is 4.34. The fourth-order valence-electron chi connectivity index (χ4n) is 2.80. The molecule has 0 amide bonds. The Hall–Kier alpha value is -1.64. The van der Waals surface area contributed by atoms with Gasteiger partial charge in [0.15, 0.2) is 5.96 Å². The number of aliphatic hydroxyl groups excluding tert-OH is 1. The maximum absolute atomic E-state index is 9.73. The van der Waals surface area contributed by atoms with Crippen LogP contribution >= 0.6 is 24.0 Å². The molecule has 0 saturated heterocycles. The number of halogens is 1. The van der Waals surface area contributed by atoms with Crippen molar-refractivity contribution in [2.45, 2.75) is 32.9 Å². The van der Waals surface area contributed by atoms with Crippen LogP contribution in [0.5, 0.6) is 0 Å². The molecule has 2 aromatic carbocycles. The molecule has 0 radical (unpaired) electrons. The molecule has 0 bridgehead atoms. The third-order valence-corrected chi connectivity index (χ3v) is 4.34.